The molecule has 5 nitrogen and oxygen atoms in total. The standard InChI is InChI=1S/C17H19NO4S2/c1-22-9-13-6-7-24(20,21)17(13)10-18(11-17)16(19)15-8-12-4-2-3-5-14(12)23-15/h2-5,8,13H,6-7,9-11H2,1H3. The molecule has 7 heteroatoms. The summed E-state index contributed by atoms with van der Waals surface area (Å²) in [5.41, 5.74) is 0. The Hall–Kier alpha value is -1.44. The van der Waals surface area contributed by atoms with E-state index >= 15 is 0 Å². The van der Waals surface area contributed by atoms with Gasteiger partial charge in [0, 0.05) is 30.8 Å². The summed E-state index contributed by atoms with van der Waals surface area (Å²) < 4.78 is 30.5. The number of amides is 1. The van der Waals surface area contributed by atoms with Gasteiger partial charge in [0.15, 0.2) is 9.84 Å². The molecule has 1 aromatic carbocycles. The van der Waals surface area contributed by atoms with Crippen LogP contribution in [0.4, 0.5) is 0 Å². The number of methoxy groups -OCH3 is 1. The summed E-state index contributed by atoms with van der Waals surface area (Å²) in [6.07, 6.45) is 0.626. The zero-order chi connectivity index (χ0) is 16.9. The van der Waals surface area contributed by atoms with E-state index in [0.717, 1.165) is 10.1 Å². The van der Waals surface area contributed by atoms with Crippen molar-refractivity contribution in [1.29, 1.82) is 0 Å². The van der Waals surface area contributed by atoms with Crippen LogP contribution in [0.2, 0.25) is 0 Å². The topological polar surface area (TPSA) is 63.7 Å². The van der Waals surface area contributed by atoms with Crippen molar-refractivity contribution in [2.75, 3.05) is 32.6 Å². The largest absolute Gasteiger partial charge is 0.384 e. The van der Waals surface area contributed by atoms with E-state index < -0.39 is 14.6 Å². The first-order valence-electron chi connectivity index (χ1n) is 7.96. The Kier molecular flexibility index (Phi) is 3.71. The van der Waals surface area contributed by atoms with E-state index in [4.69, 9.17) is 4.74 Å². The van der Waals surface area contributed by atoms with Gasteiger partial charge in [-0.25, -0.2) is 8.42 Å². The lowest BCUT2D eigenvalue weighted by Crippen LogP contribution is -2.68. The maximum Gasteiger partial charge on any atom is 0.264 e. The van der Waals surface area contributed by atoms with E-state index in [2.05, 4.69) is 0 Å². The fraction of sp³-hybridized carbons (Fsp3) is 0.471. The van der Waals surface area contributed by atoms with Gasteiger partial charge in [-0.2, -0.15) is 0 Å². The first kappa shape index (κ1) is 16.1. The predicted octanol–water partition coefficient (Wildman–Crippen LogP) is 2.18. The van der Waals surface area contributed by atoms with Gasteiger partial charge in [0.05, 0.1) is 17.2 Å². The van der Waals surface area contributed by atoms with E-state index in [1.165, 1.54) is 11.3 Å². The summed E-state index contributed by atoms with van der Waals surface area (Å²) in [6.45, 7) is 1.01. The summed E-state index contributed by atoms with van der Waals surface area (Å²) in [6, 6.07) is 9.76. The number of rotatable bonds is 3. The lowest BCUT2D eigenvalue weighted by molar-refractivity contribution is 0.0341. The summed E-state index contributed by atoms with van der Waals surface area (Å²) in [4.78, 5) is 15.1. The molecule has 1 atom stereocenters. The van der Waals surface area contributed by atoms with E-state index in [-0.39, 0.29) is 30.7 Å². The van der Waals surface area contributed by atoms with Crippen LogP contribution in [0.25, 0.3) is 10.1 Å². The van der Waals surface area contributed by atoms with Gasteiger partial charge in [0.25, 0.3) is 5.91 Å². The molecule has 1 aromatic heterocycles. The van der Waals surface area contributed by atoms with Crippen molar-refractivity contribution in [1.82, 2.24) is 4.90 Å². The van der Waals surface area contributed by atoms with E-state index in [9.17, 15) is 13.2 Å². The number of carbonyl (C=O) groups is 1. The minimum absolute atomic E-state index is 0.0149. The average Bonchev–Trinajstić information content (AvgIpc) is 3.05. The van der Waals surface area contributed by atoms with Crippen LogP contribution < -0.4 is 0 Å². The Morgan fingerprint density at radius 2 is 2.12 bits per heavy atom. The van der Waals surface area contributed by atoms with Crippen molar-refractivity contribution >= 4 is 37.2 Å². The lowest BCUT2D eigenvalue weighted by atomic mass is 9.83. The van der Waals surface area contributed by atoms with Gasteiger partial charge < -0.3 is 9.64 Å². The monoisotopic (exact) mass is 365 g/mol. The molecule has 3 heterocycles. The minimum Gasteiger partial charge on any atom is -0.384 e. The van der Waals surface area contributed by atoms with Crippen molar-refractivity contribution in [3.8, 4) is 0 Å². The van der Waals surface area contributed by atoms with Gasteiger partial charge in [0.1, 0.15) is 4.75 Å². The molecule has 2 aromatic rings. The first-order chi connectivity index (χ1) is 11.5. The number of fused-ring (bicyclic) bond motifs is 1. The molecule has 0 bridgehead atoms. The zero-order valence-electron chi connectivity index (χ0n) is 13.4. The highest BCUT2D eigenvalue weighted by atomic mass is 32.2. The van der Waals surface area contributed by atoms with Crippen molar-refractivity contribution in [3.05, 3.63) is 35.2 Å². The van der Waals surface area contributed by atoms with Crippen LogP contribution >= 0.6 is 11.3 Å². The Bertz CT molecular complexity index is 863. The number of likely N-dealkylation sites (tertiary alicyclic amines) is 1. The third-order valence-electron chi connectivity index (χ3n) is 5.31. The predicted molar refractivity (Wildman–Crippen MR) is 94.2 cm³/mol. The van der Waals surface area contributed by atoms with Gasteiger partial charge in [-0.05, 0) is 23.9 Å². The van der Waals surface area contributed by atoms with Crippen LogP contribution in [0.5, 0.6) is 0 Å². The summed E-state index contributed by atoms with van der Waals surface area (Å²) in [7, 11) is -1.57. The van der Waals surface area contributed by atoms with Crippen LogP contribution in [0, 0.1) is 5.92 Å². The maximum atomic E-state index is 12.7. The first-order valence-corrected chi connectivity index (χ1v) is 10.4. The van der Waals surface area contributed by atoms with Gasteiger partial charge in [-0.3, -0.25) is 4.79 Å². The minimum atomic E-state index is -3.16. The second kappa shape index (κ2) is 5.54. The number of hydrogen-bond donors (Lipinski definition) is 0. The highest BCUT2D eigenvalue weighted by molar-refractivity contribution is 7.93. The number of nitrogens with zero attached hydrogens (tertiary/aromatic N) is 1. The highest BCUT2D eigenvalue weighted by Crippen LogP contribution is 2.45. The van der Waals surface area contributed by atoms with Gasteiger partial charge >= 0.3 is 0 Å². The molecule has 0 radical (unpaired) electrons. The van der Waals surface area contributed by atoms with Crippen LogP contribution in [0.3, 0.4) is 0 Å². The number of benzene rings is 1. The van der Waals surface area contributed by atoms with Crippen LogP contribution in [-0.4, -0.2) is 56.5 Å². The van der Waals surface area contributed by atoms with Crippen LogP contribution in [0.15, 0.2) is 30.3 Å². The smallest absolute Gasteiger partial charge is 0.264 e. The molecule has 0 aliphatic carbocycles. The van der Waals surface area contributed by atoms with Crippen LogP contribution in [0.1, 0.15) is 16.1 Å². The van der Waals surface area contributed by atoms with Gasteiger partial charge in [-0.1, -0.05) is 18.2 Å². The second-order valence-electron chi connectivity index (χ2n) is 6.63. The van der Waals surface area contributed by atoms with E-state index in [1.807, 2.05) is 30.3 Å². The molecule has 128 valence electrons. The lowest BCUT2D eigenvalue weighted by Gasteiger charge is -2.49. The fourth-order valence-electron chi connectivity index (χ4n) is 3.90. The zero-order valence-corrected chi connectivity index (χ0v) is 15.0. The molecular formula is C17H19NO4S2. The SMILES string of the molecule is COCC1CCS(=O)(=O)C12CN(C(=O)c1cc3ccccc3s1)C2. The quantitative estimate of drug-likeness (QED) is 0.836. The van der Waals surface area contributed by atoms with Crippen molar-refractivity contribution in [2.24, 2.45) is 5.92 Å². The number of hydrogen-bond acceptors (Lipinski definition) is 5. The number of sulfone groups is 1. The fourth-order valence-corrected chi connectivity index (χ4v) is 7.33. The molecular weight excluding hydrogens is 346 g/mol. The highest BCUT2D eigenvalue weighted by Gasteiger charge is 2.62. The Labute approximate surface area is 145 Å². The maximum absolute atomic E-state index is 12.7. The molecule has 24 heavy (non-hydrogen) atoms. The van der Waals surface area contributed by atoms with Crippen LogP contribution in [-0.2, 0) is 14.6 Å². The molecule has 4 rings (SSSR count). The molecule has 2 saturated heterocycles. The summed E-state index contributed by atoms with van der Waals surface area (Å²) >= 11 is 1.46. The molecule has 0 saturated carbocycles. The molecule has 2 fully saturated rings. The Morgan fingerprint density at radius 3 is 2.83 bits per heavy atom. The third kappa shape index (κ3) is 2.22. The van der Waals surface area contributed by atoms with E-state index in [1.54, 1.807) is 12.0 Å². The average molecular weight is 365 g/mol. The van der Waals surface area contributed by atoms with Gasteiger partial charge in [-0.15, -0.1) is 11.3 Å². The molecule has 1 amide bonds. The summed E-state index contributed by atoms with van der Waals surface area (Å²) in [5, 5.41) is 1.05. The van der Waals surface area contributed by atoms with Crippen molar-refractivity contribution < 1.29 is 17.9 Å². The summed E-state index contributed by atoms with van der Waals surface area (Å²) in [5.74, 6) is 0.116. The molecule has 2 aliphatic heterocycles. The molecule has 1 spiro atoms. The Morgan fingerprint density at radius 1 is 1.38 bits per heavy atom. The molecule has 1 unspecified atom stereocenters. The second-order valence-corrected chi connectivity index (χ2v) is 10.2. The Balaban J connectivity index is 1.56. The number of carbonyl (C=O) groups excluding carboxylic acids is 1. The number of ether oxygens (including phenoxy) is 1. The molecule has 0 N–H and O–H groups in total. The number of thiophene rings is 1. The van der Waals surface area contributed by atoms with Gasteiger partial charge in [0.2, 0.25) is 0 Å². The van der Waals surface area contributed by atoms with Crippen molar-refractivity contribution in [2.45, 2.75) is 11.2 Å². The normalized spacial score (nSPS) is 24.4. The van der Waals surface area contributed by atoms with Crippen molar-refractivity contribution in [3.63, 3.8) is 0 Å². The third-order valence-corrected chi connectivity index (χ3v) is 9.01. The van der Waals surface area contributed by atoms with E-state index in [0.29, 0.717) is 17.9 Å². The molecule has 2 aliphatic rings.